The molecule has 5 rings (SSSR count). The first-order chi connectivity index (χ1) is 16.3. The van der Waals surface area contributed by atoms with Crippen LogP contribution in [0.3, 0.4) is 0 Å². The van der Waals surface area contributed by atoms with Gasteiger partial charge < -0.3 is 18.8 Å². The second-order valence-electron chi connectivity index (χ2n) is 8.39. The van der Waals surface area contributed by atoms with E-state index in [1.807, 2.05) is 55.1 Å². The molecule has 0 aliphatic carbocycles. The van der Waals surface area contributed by atoms with Gasteiger partial charge in [-0.25, -0.2) is 4.79 Å². The quantitative estimate of drug-likeness (QED) is 0.227. The molecule has 0 spiro atoms. The number of carbonyl (C=O) groups is 2. The van der Waals surface area contributed by atoms with Gasteiger partial charge >= 0.3 is 5.97 Å². The molecule has 0 bridgehead atoms. The molecule has 6 heteroatoms. The number of Topliss-reactive ketones (excluding diaryl/α,β-unsaturated/α-hetero) is 1. The van der Waals surface area contributed by atoms with Crippen molar-refractivity contribution in [1.29, 1.82) is 0 Å². The van der Waals surface area contributed by atoms with Crippen molar-refractivity contribution in [3.63, 3.8) is 0 Å². The summed E-state index contributed by atoms with van der Waals surface area (Å²) in [4.78, 5) is 25.7. The lowest BCUT2D eigenvalue weighted by Gasteiger charge is -2.08. The second kappa shape index (κ2) is 8.23. The summed E-state index contributed by atoms with van der Waals surface area (Å²) < 4.78 is 18.9. The van der Waals surface area contributed by atoms with Gasteiger partial charge in [-0.3, -0.25) is 4.79 Å². The van der Waals surface area contributed by atoms with E-state index in [1.54, 1.807) is 44.4 Å². The highest BCUT2D eigenvalue weighted by molar-refractivity contribution is 6.16. The Morgan fingerprint density at radius 1 is 1.03 bits per heavy atom. The number of ketones is 1. The molecule has 0 atom stereocenters. The van der Waals surface area contributed by atoms with E-state index in [0.717, 1.165) is 27.8 Å². The molecule has 0 saturated heterocycles. The highest BCUT2D eigenvalue weighted by atomic mass is 16.5. The van der Waals surface area contributed by atoms with Crippen LogP contribution in [-0.2, 0) is 7.05 Å². The number of rotatable bonds is 4. The summed E-state index contributed by atoms with van der Waals surface area (Å²) in [6, 6.07) is 16.3. The molecule has 1 aliphatic rings. The van der Waals surface area contributed by atoms with Crippen LogP contribution in [-0.4, -0.2) is 23.4 Å². The van der Waals surface area contributed by atoms with Crippen LogP contribution in [0.25, 0.3) is 17.0 Å². The number of hydrogen-bond donors (Lipinski definition) is 0. The first-order valence-corrected chi connectivity index (χ1v) is 10.8. The molecule has 0 amide bonds. The molecule has 2 heterocycles. The summed E-state index contributed by atoms with van der Waals surface area (Å²) in [5.74, 6) is 0.983. The number of allylic oxidation sites excluding steroid dienone is 1. The van der Waals surface area contributed by atoms with Crippen molar-refractivity contribution < 1.29 is 23.8 Å². The van der Waals surface area contributed by atoms with Crippen molar-refractivity contribution in [2.75, 3.05) is 7.11 Å². The summed E-state index contributed by atoms with van der Waals surface area (Å²) in [5, 5.41) is 0.950. The maximum absolute atomic E-state index is 13.1. The van der Waals surface area contributed by atoms with Crippen LogP contribution < -0.4 is 14.2 Å². The summed E-state index contributed by atoms with van der Waals surface area (Å²) in [5.41, 5.74) is 4.43. The lowest BCUT2D eigenvalue weighted by atomic mass is 10.0. The van der Waals surface area contributed by atoms with Gasteiger partial charge in [0.2, 0.25) is 5.78 Å². The van der Waals surface area contributed by atoms with Crippen molar-refractivity contribution >= 4 is 28.7 Å². The minimum absolute atomic E-state index is 0.205. The molecular formula is C28H23NO5. The van der Waals surface area contributed by atoms with Crippen molar-refractivity contribution in [1.82, 2.24) is 4.57 Å². The van der Waals surface area contributed by atoms with Crippen LogP contribution in [0.1, 0.15) is 37.4 Å². The predicted octanol–water partition coefficient (Wildman–Crippen LogP) is 5.64. The Morgan fingerprint density at radius 3 is 2.62 bits per heavy atom. The molecule has 0 N–H and O–H groups in total. The normalized spacial score (nSPS) is 13.8. The van der Waals surface area contributed by atoms with Gasteiger partial charge in [-0.2, -0.15) is 0 Å². The highest BCUT2D eigenvalue weighted by Crippen LogP contribution is 2.38. The molecule has 170 valence electrons. The Kier molecular flexibility index (Phi) is 5.21. The van der Waals surface area contributed by atoms with E-state index in [2.05, 4.69) is 0 Å². The minimum Gasteiger partial charge on any atom is -0.497 e. The molecule has 1 aromatic heterocycles. The number of fused-ring (bicyclic) bond motifs is 2. The lowest BCUT2D eigenvalue weighted by Crippen LogP contribution is -2.09. The van der Waals surface area contributed by atoms with E-state index < -0.39 is 5.97 Å². The minimum atomic E-state index is -0.465. The van der Waals surface area contributed by atoms with E-state index in [1.165, 1.54) is 0 Å². The molecule has 0 unspecified atom stereocenters. The summed E-state index contributed by atoms with van der Waals surface area (Å²) in [6.07, 6.45) is 3.68. The fourth-order valence-corrected chi connectivity index (χ4v) is 4.26. The standard InChI is InChI=1S/C28H23NO5/c1-16-6-5-7-18(10-16)28(31)33-21-11-17(2)26-24(14-21)34-25(27(26)30)12-19-15-29(3)23-9-8-20(32-4)13-22(19)23/h5-15H,1-4H3/b25-12-. The third-order valence-electron chi connectivity index (χ3n) is 5.92. The van der Waals surface area contributed by atoms with E-state index in [9.17, 15) is 9.59 Å². The fraction of sp³-hybridized carbons (Fsp3) is 0.143. The summed E-state index contributed by atoms with van der Waals surface area (Å²) >= 11 is 0. The first-order valence-electron chi connectivity index (χ1n) is 10.8. The number of ether oxygens (including phenoxy) is 3. The number of methoxy groups -OCH3 is 1. The van der Waals surface area contributed by atoms with Gasteiger partial charge in [0.15, 0.2) is 5.76 Å². The van der Waals surface area contributed by atoms with Gasteiger partial charge in [-0.05, 0) is 61.9 Å². The van der Waals surface area contributed by atoms with Gasteiger partial charge in [0.1, 0.15) is 17.2 Å². The summed E-state index contributed by atoms with van der Waals surface area (Å²) in [6.45, 7) is 3.71. The lowest BCUT2D eigenvalue weighted by molar-refractivity contribution is 0.0734. The monoisotopic (exact) mass is 453 g/mol. The molecule has 4 aromatic rings. The zero-order valence-corrected chi connectivity index (χ0v) is 19.3. The van der Waals surface area contributed by atoms with Gasteiger partial charge in [0, 0.05) is 35.8 Å². The Bertz CT molecular complexity index is 1510. The summed E-state index contributed by atoms with van der Waals surface area (Å²) in [7, 11) is 3.57. The van der Waals surface area contributed by atoms with Gasteiger partial charge in [-0.15, -0.1) is 0 Å². The zero-order valence-electron chi connectivity index (χ0n) is 19.3. The van der Waals surface area contributed by atoms with E-state index in [-0.39, 0.29) is 11.5 Å². The molecule has 0 saturated carbocycles. The average molecular weight is 453 g/mol. The number of aromatic nitrogens is 1. The fourth-order valence-electron chi connectivity index (χ4n) is 4.26. The van der Waals surface area contributed by atoms with E-state index in [4.69, 9.17) is 14.2 Å². The molecule has 0 radical (unpaired) electrons. The van der Waals surface area contributed by atoms with Crippen LogP contribution in [0.5, 0.6) is 17.2 Å². The van der Waals surface area contributed by atoms with Gasteiger partial charge in [0.25, 0.3) is 0 Å². The maximum Gasteiger partial charge on any atom is 0.343 e. The highest BCUT2D eigenvalue weighted by Gasteiger charge is 2.30. The second-order valence-corrected chi connectivity index (χ2v) is 8.39. The van der Waals surface area contributed by atoms with Crippen LogP contribution in [0.15, 0.2) is 66.6 Å². The van der Waals surface area contributed by atoms with Crippen LogP contribution in [0.4, 0.5) is 0 Å². The Morgan fingerprint density at radius 2 is 1.85 bits per heavy atom. The third-order valence-corrected chi connectivity index (χ3v) is 5.92. The molecule has 3 aromatic carbocycles. The average Bonchev–Trinajstić information content (AvgIpc) is 3.29. The number of carbonyl (C=O) groups excluding carboxylic acids is 2. The van der Waals surface area contributed by atoms with E-state index >= 15 is 0 Å². The first kappa shape index (κ1) is 21.5. The van der Waals surface area contributed by atoms with Crippen LogP contribution in [0.2, 0.25) is 0 Å². The van der Waals surface area contributed by atoms with Crippen molar-refractivity contribution in [2.24, 2.45) is 7.05 Å². The predicted molar refractivity (Wildman–Crippen MR) is 130 cm³/mol. The number of nitrogens with zero attached hydrogens (tertiary/aromatic N) is 1. The maximum atomic E-state index is 13.1. The SMILES string of the molecule is COc1ccc2c(c1)c(/C=C1\Oc3cc(OC(=O)c4cccc(C)c4)cc(C)c3C1=O)cn2C. The van der Waals surface area contributed by atoms with Crippen molar-refractivity contribution in [2.45, 2.75) is 13.8 Å². The smallest absolute Gasteiger partial charge is 0.343 e. The largest absolute Gasteiger partial charge is 0.497 e. The van der Waals surface area contributed by atoms with Crippen molar-refractivity contribution in [3.05, 3.63) is 94.4 Å². The van der Waals surface area contributed by atoms with Crippen LogP contribution >= 0.6 is 0 Å². The number of hydrogen-bond acceptors (Lipinski definition) is 5. The van der Waals surface area contributed by atoms with Gasteiger partial charge in [-0.1, -0.05) is 17.7 Å². The molecule has 1 aliphatic heterocycles. The Labute approximate surface area is 197 Å². The van der Waals surface area contributed by atoms with E-state index in [0.29, 0.717) is 28.2 Å². The number of benzene rings is 3. The Balaban J connectivity index is 1.47. The molecular weight excluding hydrogens is 430 g/mol. The number of esters is 1. The number of aryl methyl sites for hydroxylation is 3. The molecule has 0 fully saturated rings. The van der Waals surface area contributed by atoms with Gasteiger partial charge in [0.05, 0.1) is 18.2 Å². The third kappa shape index (κ3) is 3.73. The molecule has 6 nitrogen and oxygen atoms in total. The van der Waals surface area contributed by atoms with Crippen LogP contribution in [0, 0.1) is 13.8 Å². The van der Waals surface area contributed by atoms with Crippen molar-refractivity contribution in [3.8, 4) is 17.2 Å². The molecule has 34 heavy (non-hydrogen) atoms. The Hall–Kier alpha value is -4.32. The topological polar surface area (TPSA) is 66.8 Å². The zero-order chi connectivity index (χ0) is 24.0.